The number of fused-ring (bicyclic) bond motifs is 3. The number of rotatable bonds is 8. The highest BCUT2D eigenvalue weighted by atomic mass is 16.5. The van der Waals surface area contributed by atoms with Crippen molar-refractivity contribution in [1.82, 2.24) is 0 Å². The first-order chi connectivity index (χ1) is 38.1. The van der Waals surface area contributed by atoms with Gasteiger partial charge in [0.1, 0.15) is 87.3 Å². The lowest BCUT2D eigenvalue weighted by atomic mass is 9.72. The Morgan fingerprint density at radius 3 is 1.04 bits per heavy atom. The number of ether oxygens (including phenoxy) is 3. The average Bonchev–Trinajstić information content (AvgIpc) is 1.77. The Bertz CT molecular complexity index is 3820. The van der Waals surface area contributed by atoms with Crippen molar-refractivity contribution in [2.45, 2.75) is 54.4 Å². The van der Waals surface area contributed by atoms with Crippen LogP contribution in [0.3, 0.4) is 0 Å². The highest BCUT2D eigenvalue weighted by Crippen LogP contribution is 2.64. The Hall–Kier alpha value is -10.2. The Morgan fingerprint density at radius 1 is 0.275 bits per heavy atom. The van der Waals surface area contributed by atoms with Crippen LogP contribution in [-0.2, 0) is 0 Å². The number of aromatic hydroxyl groups is 15. The molecule has 18 N–H and O–H groups in total. The molecule has 410 valence electrons. The molecule has 0 radical (unpaired) electrons. The second kappa shape index (κ2) is 19.4. The summed E-state index contributed by atoms with van der Waals surface area (Å²) in [6.45, 7) is 0. The zero-order valence-corrected chi connectivity index (χ0v) is 41.1. The number of aliphatic hydroxyl groups excluding tert-OH is 3. The Kier molecular flexibility index (Phi) is 12.5. The van der Waals surface area contributed by atoms with Crippen LogP contribution in [0.25, 0.3) is 12.2 Å². The molecule has 0 aliphatic carbocycles. The van der Waals surface area contributed by atoms with Crippen molar-refractivity contribution in [1.29, 1.82) is 0 Å². The first-order valence-corrected chi connectivity index (χ1v) is 24.5. The molecule has 0 amide bonds. The highest BCUT2D eigenvalue weighted by molar-refractivity contribution is 5.75. The molecule has 8 aromatic rings. The van der Waals surface area contributed by atoms with Gasteiger partial charge in [-0.2, -0.15) is 0 Å². The standard InChI is InChI=1S/C59H48O21/c60-27-8-3-22(4-9-27)1-2-23-13-35(68)43(36(69)14-23)49-45-38(71)20-40(73)47(58(45)79-56(52(49)75)25-6-11-30(63)33(66)16-25)51-48-41(74)21-39(72)46(59(48)80-57(54(51)77)26-7-12-31(64)34(67)17-26)50-44-37(70)18-28(61)19-42(44)78-55(53(50)76)24-5-10-29(62)32(65)15-24/h1-21,49-57,60-77H/b2-1+/t49?,50?,51?,52-,53-,54-,55-,56-,57-/m1/s1. The van der Waals surface area contributed by atoms with E-state index in [2.05, 4.69) is 0 Å². The van der Waals surface area contributed by atoms with Gasteiger partial charge in [-0.15, -0.1) is 0 Å². The first kappa shape index (κ1) is 51.9. The van der Waals surface area contributed by atoms with E-state index in [1.807, 2.05) is 0 Å². The van der Waals surface area contributed by atoms with Crippen molar-refractivity contribution in [2.75, 3.05) is 0 Å². The van der Waals surface area contributed by atoms with E-state index in [0.717, 1.165) is 60.7 Å². The number of phenolic OH excluding ortho intramolecular Hbond substituents is 15. The predicted octanol–water partition coefficient (Wildman–Crippen LogP) is 7.32. The fourth-order valence-corrected chi connectivity index (χ4v) is 11.2. The van der Waals surface area contributed by atoms with Gasteiger partial charge in [-0.1, -0.05) is 42.5 Å². The molecular weight excluding hydrogens is 1040 g/mol. The van der Waals surface area contributed by atoms with E-state index in [4.69, 9.17) is 14.2 Å². The summed E-state index contributed by atoms with van der Waals surface area (Å²) in [4.78, 5) is 0. The summed E-state index contributed by atoms with van der Waals surface area (Å²) in [5.41, 5.74) is -1.92. The SMILES string of the molecule is Oc1ccc(/C=C/c2cc(O)c(C3c4c(O)cc(O)c(C5c6c(O)cc(O)c(C7c8c(O)cc(O)cc8O[C@H](c8ccc(O)c(O)c8)[C@@H]7O)c6O[C@H](c6ccc(O)c(O)c6)[C@@H]5O)c4O[C@H](c4ccc(O)c(O)c4)[C@@H]3O)c(O)c2)cc1. The number of benzene rings is 8. The van der Waals surface area contributed by atoms with Gasteiger partial charge in [0.2, 0.25) is 0 Å². The maximum atomic E-state index is 12.9. The van der Waals surface area contributed by atoms with Gasteiger partial charge in [-0.25, -0.2) is 0 Å². The third kappa shape index (κ3) is 8.57. The van der Waals surface area contributed by atoms with Gasteiger partial charge in [0.25, 0.3) is 0 Å². The van der Waals surface area contributed by atoms with Gasteiger partial charge in [0.15, 0.2) is 52.8 Å². The van der Waals surface area contributed by atoms with Gasteiger partial charge in [-0.05, 0) is 88.5 Å². The van der Waals surface area contributed by atoms with E-state index in [1.165, 1.54) is 48.5 Å². The molecule has 21 heteroatoms. The zero-order valence-electron chi connectivity index (χ0n) is 41.1. The smallest absolute Gasteiger partial charge is 0.157 e. The molecule has 0 aromatic heterocycles. The lowest BCUT2D eigenvalue weighted by Crippen LogP contribution is -2.39. The second-order valence-corrected chi connectivity index (χ2v) is 19.7. The molecule has 8 aromatic carbocycles. The lowest BCUT2D eigenvalue weighted by Gasteiger charge is -2.44. The molecule has 21 nitrogen and oxygen atoms in total. The van der Waals surface area contributed by atoms with Crippen molar-refractivity contribution in [2.24, 2.45) is 0 Å². The molecule has 9 atom stereocenters. The molecule has 0 saturated carbocycles. The van der Waals surface area contributed by atoms with Crippen LogP contribution < -0.4 is 14.2 Å². The van der Waals surface area contributed by atoms with E-state index >= 15 is 0 Å². The van der Waals surface area contributed by atoms with Crippen LogP contribution in [0.4, 0.5) is 0 Å². The van der Waals surface area contributed by atoms with Crippen LogP contribution >= 0.6 is 0 Å². The summed E-state index contributed by atoms with van der Waals surface area (Å²) in [5, 5.41) is 206. The molecule has 0 saturated heterocycles. The molecule has 11 rings (SSSR count). The average molecular weight is 1090 g/mol. The molecule has 3 unspecified atom stereocenters. The molecule has 0 spiro atoms. The summed E-state index contributed by atoms with van der Waals surface area (Å²) >= 11 is 0. The number of hydrogen-bond donors (Lipinski definition) is 18. The van der Waals surface area contributed by atoms with Crippen molar-refractivity contribution >= 4 is 12.2 Å². The molecule has 0 bridgehead atoms. The Morgan fingerprint density at radius 2 is 0.625 bits per heavy atom. The van der Waals surface area contributed by atoms with Gasteiger partial charge >= 0.3 is 0 Å². The normalized spacial score (nSPS) is 22.1. The topological polar surface area (TPSA) is 392 Å². The number of phenols is 15. The van der Waals surface area contributed by atoms with Crippen LogP contribution in [0.2, 0.25) is 0 Å². The lowest BCUT2D eigenvalue weighted by molar-refractivity contribution is -0.00762. The van der Waals surface area contributed by atoms with Gasteiger partial charge in [-0.3, -0.25) is 0 Å². The quantitative estimate of drug-likeness (QED) is 0.0523. The highest BCUT2D eigenvalue weighted by Gasteiger charge is 2.52. The van der Waals surface area contributed by atoms with Gasteiger partial charge in [0, 0.05) is 57.6 Å². The van der Waals surface area contributed by atoms with Crippen LogP contribution in [0.1, 0.15) is 97.3 Å². The molecule has 3 aliphatic heterocycles. The van der Waals surface area contributed by atoms with Crippen LogP contribution in [0, 0.1) is 0 Å². The number of hydrogen-bond acceptors (Lipinski definition) is 21. The van der Waals surface area contributed by atoms with Crippen molar-refractivity contribution in [3.05, 3.63) is 176 Å². The Labute approximate surface area is 451 Å². The third-order valence-electron chi connectivity index (χ3n) is 14.8. The maximum Gasteiger partial charge on any atom is 0.157 e. The molecule has 3 heterocycles. The van der Waals surface area contributed by atoms with E-state index in [0.29, 0.717) is 5.56 Å². The number of aliphatic hydroxyl groups is 3. The largest absolute Gasteiger partial charge is 0.508 e. The third-order valence-corrected chi connectivity index (χ3v) is 14.8. The van der Waals surface area contributed by atoms with Crippen LogP contribution in [0.15, 0.2) is 115 Å². The minimum absolute atomic E-state index is 0.0140. The van der Waals surface area contributed by atoms with E-state index < -0.39 is 174 Å². The monoisotopic (exact) mass is 1090 g/mol. The summed E-state index contributed by atoms with van der Waals surface area (Å²) in [6, 6.07) is 22.2. The molecular formula is C59H48O21. The predicted molar refractivity (Wildman–Crippen MR) is 279 cm³/mol. The first-order valence-electron chi connectivity index (χ1n) is 24.5. The molecule has 80 heavy (non-hydrogen) atoms. The molecule has 3 aliphatic rings. The minimum Gasteiger partial charge on any atom is -0.508 e. The van der Waals surface area contributed by atoms with Crippen molar-refractivity contribution in [3.8, 4) is 103 Å². The zero-order chi connectivity index (χ0) is 56.9. The van der Waals surface area contributed by atoms with E-state index in [1.54, 1.807) is 18.2 Å². The summed E-state index contributed by atoms with van der Waals surface area (Å²) < 4.78 is 19.3. The van der Waals surface area contributed by atoms with E-state index in [-0.39, 0.29) is 39.3 Å². The van der Waals surface area contributed by atoms with Crippen molar-refractivity contribution < 1.29 is 106 Å². The molecule has 0 fully saturated rings. The second-order valence-electron chi connectivity index (χ2n) is 19.7. The summed E-state index contributed by atoms with van der Waals surface area (Å²) in [5.74, 6) is -16.6. The summed E-state index contributed by atoms with van der Waals surface area (Å²) in [7, 11) is 0. The summed E-state index contributed by atoms with van der Waals surface area (Å²) in [6.07, 6.45) is -7.95. The van der Waals surface area contributed by atoms with Crippen LogP contribution in [0.5, 0.6) is 103 Å². The van der Waals surface area contributed by atoms with E-state index in [9.17, 15) is 91.9 Å². The minimum atomic E-state index is -2.09. The van der Waals surface area contributed by atoms with Gasteiger partial charge in [0.05, 0.1) is 17.8 Å². The fraction of sp³-hybridized carbons (Fsp3) is 0.153. The fourth-order valence-electron chi connectivity index (χ4n) is 11.2. The maximum absolute atomic E-state index is 12.9. The van der Waals surface area contributed by atoms with Crippen molar-refractivity contribution in [3.63, 3.8) is 0 Å². The van der Waals surface area contributed by atoms with Gasteiger partial charge < -0.3 is 106 Å². The van der Waals surface area contributed by atoms with Crippen LogP contribution in [-0.4, -0.2) is 110 Å². The Balaban J connectivity index is 1.17.